The summed E-state index contributed by atoms with van der Waals surface area (Å²) in [7, 11) is 1.90. The van der Waals surface area contributed by atoms with Gasteiger partial charge in [-0.05, 0) is 17.7 Å². The van der Waals surface area contributed by atoms with E-state index in [4.69, 9.17) is 11.6 Å². The summed E-state index contributed by atoms with van der Waals surface area (Å²) in [4.78, 5) is 0. The second kappa shape index (κ2) is 3.23. The van der Waals surface area contributed by atoms with Crippen molar-refractivity contribution in [1.82, 2.24) is 9.78 Å². The number of hydrogen-bond acceptors (Lipinski definition) is 1. The van der Waals surface area contributed by atoms with Gasteiger partial charge >= 0.3 is 0 Å². The molecule has 1 aromatic heterocycles. The highest BCUT2D eigenvalue weighted by atomic mass is 35.5. The summed E-state index contributed by atoms with van der Waals surface area (Å²) in [5, 5.41) is 4.85. The Hall–Kier alpha value is -1.28. The maximum Gasteiger partial charge on any atom is 0.0568 e. The Labute approximate surface area is 81.8 Å². The van der Waals surface area contributed by atoms with Crippen LogP contribution in [0.3, 0.4) is 0 Å². The molecule has 0 amide bonds. The third kappa shape index (κ3) is 1.73. The van der Waals surface area contributed by atoms with Crippen LogP contribution in [-0.4, -0.2) is 9.78 Å². The first-order valence-electron chi connectivity index (χ1n) is 4.00. The summed E-state index contributed by atoms with van der Waals surface area (Å²) in [5.41, 5.74) is 2.19. The maximum absolute atomic E-state index is 5.87. The lowest BCUT2D eigenvalue weighted by Gasteiger charge is -1.96. The zero-order valence-corrected chi connectivity index (χ0v) is 7.99. The molecule has 13 heavy (non-hydrogen) atoms. The average molecular weight is 193 g/mol. The van der Waals surface area contributed by atoms with Crippen LogP contribution < -0.4 is 0 Å². The van der Waals surface area contributed by atoms with Crippen molar-refractivity contribution < 1.29 is 0 Å². The second-order valence-electron chi connectivity index (χ2n) is 2.91. The molecule has 0 unspecified atom stereocenters. The molecular formula is C10H9ClN2. The Morgan fingerprint density at radius 1 is 1.31 bits per heavy atom. The van der Waals surface area contributed by atoms with Crippen molar-refractivity contribution in [2.24, 2.45) is 7.05 Å². The van der Waals surface area contributed by atoms with E-state index in [9.17, 15) is 0 Å². The van der Waals surface area contributed by atoms with Crippen LogP contribution in [0.15, 0.2) is 36.7 Å². The first kappa shape index (κ1) is 8.32. The molecule has 2 rings (SSSR count). The van der Waals surface area contributed by atoms with Gasteiger partial charge in [-0.3, -0.25) is 4.68 Å². The number of rotatable bonds is 1. The van der Waals surface area contributed by atoms with Gasteiger partial charge in [0, 0.05) is 23.8 Å². The molecule has 0 fully saturated rings. The molecule has 0 aliphatic heterocycles. The lowest BCUT2D eigenvalue weighted by molar-refractivity contribution is 0.768. The molecule has 2 aromatic rings. The van der Waals surface area contributed by atoms with E-state index in [1.54, 1.807) is 4.68 Å². The van der Waals surface area contributed by atoms with E-state index in [-0.39, 0.29) is 0 Å². The minimum Gasteiger partial charge on any atom is -0.275 e. The molecule has 0 saturated heterocycles. The molecule has 0 radical (unpaired) electrons. The minimum atomic E-state index is 0.751. The summed E-state index contributed by atoms with van der Waals surface area (Å²) in [5.74, 6) is 0. The largest absolute Gasteiger partial charge is 0.275 e. The molecule has 3 heteroatoms. The van der Waals surface area contributed by atoms with Gasteiger partial charge in [0.25, 0.3) is 0 Å². The third-order valence-electron chi connectivity index (χ3n) is 1.86. The van der Waals surface area contributed by atoms with Gasteiger partial charge < -0.3 is 0 Å². The van der Waals surface area contributed by atoms with Crippen molar-refractivity contribution in [2.75, 3.05) is 0 Å². The van der Waals surface area contributed by atoms with E-state index in [1.807, 2.05) is 43.7 Å². The normalized spacial score (nSPS) is 10.3. The SMILES string of the molecule is Cn1cc(-c2cccc(Cl)c2)cn1. The number of halogens is 1. The first-order valence-corrected chi connectivity index (χ1v) is 4.38. The van der Waals surface area contributed by atoms with E-state index < -0.39 is 0 Å². The van der Waals surface area contributed by atoms with Crippen molar-refractivity contribution in [1.29, 1.82) is 0 Å². The highest BCUT2D eigenvalue weighted by Gasteiger charge is 1.99. The van der Waals surface area contributed by atoms with Gasteiger partial charge in [0.15, 0.2) is 0 Å². The van der Waals surface area contributed by atoms with Crippen LogP contribution in [0.5, 0.6) is 0 Å². The zero-order valence-electron chi connectivity index (χ0n) is 7.24. The van der Waals surface area contributed by atoms with Gasteiger partial charge in [0.2, 0.25) is 0 Å². The van der Waals surface area contributed by atoms with Crippen LogP contribution in [0.1, 0.15) is 0 Å². The summed E-state index contributed by atoms with van der Waals surface area (Å²) in [6, 6.07) is 7.74. The Morgan fingerprint density at radius 3 is 2.77 bits per heavy atom. The molecule has 1 heterocycles. The topological polar surface area (TPSA) is 17.8 Å². The summed E-state index contributed by atoms with van der Waals surface area (Å²) >= 11 is 5.87. The Morgan fingerprint density at radius 2 is 2.15 bits per heavy atom. The predicted octanol–water partition coefficient (Wildman–Crippen LogP) is 2.74. The van der Waals surface area contributed by atoms with Crippen LogP contribution in [0.4, 0.5) is 0 Å². The average Bonchev–Trinajstić information content (AvgIpc) is 2.52. The van der Waals surface area contributed by atoms with Crippen LogP contribution in [0.25, 0.3) is 11.1 Å². The fourth-order valence-corrected chi connectivity index (χ4v) is 1.43. The molecule has 0 bridgehead atoms. The first-order chi connectivity index (χ1) is 6.25. The third-order valence-corrected chi connectivity index (χ3v) is 2.10. The van der Waals surface area contributed by atoms with E-state index in [0.29, 0.717) is 0 Å². The monoisotopic (exact) mass is 192 g/mol. The van der Waals surface area contributed by atoms with Crippen LogP contribution >= 0.6 is 11.6 Å². The van der Waals surface area contributed by atoms with Crippen LogP contribution in [0, 0.1) is 0 Å². The zero-order chi connectivity index (χ0) is 9.26. The predicted molar refractivity (Wildman–Crippen MR) is 53.7 cm³/mol. The van der Waals surface area contributed by atoms with Crippen molar-refractivity contribution in [3.63, 3.8) is 0 Å². The van der Waals surface area contributed by atoms with Crippen LogP contribution in [-0.2, 0) is 7.05 Å². The summed E-state index contributed by atoms with van der Waals surface area (Å²) < 4.78 is 1.77. The fraction of sp³-hybridized carbons (Fsp3) is 0.100. The van der Waals surface area contributed by atoms with Gasteiger partial charge in [-0.25, -0.2) is 0 Å². The Bertz CT molecular complexity index is 420. The fourth-order valence-electron chi connectivity index (χ4n) is 1.24. The lowest BCUT2D eigenvalue weighted by Crippen LogP contribution is -1.84. The standard InChI is InChI=1S/C10H9ClN2/c1-13-7-9(6-12-13)8-3-2-4-10(11)5-8/h2-7H,1H3. The molecule has 0 spiro atoms. The van der Waals surface area contributed by atoms with Crippen molar-refractivity contribution in [3.8, 4) is 11.1 Å². The molecule has 0 saturated carbocycles. The summed E-state index contributed by atoms with van der Waals surface area (Å²) in [6.07, 6.45) is 3.79. The molecule has 66 valence electrons. The van der Waals surface area contributed by atoms with E-state index in [1.165, 1.54) is 0 Å². The molecule has 0 atom stereocenters. The Balaban J connectivity index is 2.46. The number of aryl methyl sites for hydroxylation is 1. The Kier molecular flexibility index (Phi) is 2.07. The highest BCUT2D eigenvalue weighted by molar-refractivity contribution is 6.30. The van der Waals surface area contributed by atoms with Gasteiger partial charge in [0.05, 0.1) is 6.20 Å². The highest BCUT2D eigenvalue weighted by Crippen LogP contribution is 2.21. The molecule has 2 nitrogen and oxygen atoms in total. The summed E-state index contributed by atoms with van der Waals surface area (Å²) in [6.45, 7) is 0. The van der Waals surface area contributed by atoms with Crippen molar-refractivity contribution >= 4 is 11.6 Å². The van der Waals surface area contributed by atoms with Crippen LogP contribution in [0.2, 0.25) is 5.02 Å². The smallest absolute Gasteiger partial charge is 0.0568 e. The van der Waals surface area contributed by atoms with Gasteiger partial charge in [-0.1, -0.05) is 23.7 Å². The van der Waals surface area contributed by atoms with Gasteiger partial charge in [0.1, 0.15) is 0 Å². The van der Waals surface area contributed by atoms with Gasteiger partial charge in [-0.15, -0.1) is 0 Å². The quantitative estimate of drug-likeness (QED) is 0.680. The molecule has 0 aliphatic carbocycles. The molecule has 0 N–H and O–H groups in total. The number of hydrogen-bond donors (Lipinski definition) is 0. The molecule has 1 aromatic carbocycles. The number of nitrogens with zero attached hydrogens (tertiary/aromatic N) is 2. The van der Waals surface area contributed by atoms with E-state index in [0.717, 1.165) is 16.1 Å². The lowest BCUT2D eigenvalue weighted by atomic mass is 10.1. The number of aromatic nitrogens is 2. The van der Waals surface area contributed by atoms with E-state index in [2.05, 4.69) is 5.10 Å². The van der Waals surface area contributed by atoms with E-state index >= 15 is 0 Å². The molecule has 0 aliphatic rings. The number of benzene rings is 1. The molecular weight excluding hydrogens is 184 g/mol. The van der Waals surface area contributed by atoms with Gasteiger partial charge in [-0.2, -0.15) is 5.10 Å². The van der Waals surface area contributed by atoms with Crippen molar-refractivity contribution in [2.45, 2.75) is 0 Å². The minimum absolute atomic E-state index is 0.751. The maximum atomic E-state index is 5.87. The second-order valence-corrected chi connectivity index (χ2v) is 3.35. The van der Waals surface area contributed by atoms with Crippen molar-refractivity contribution in [3.05, 3.63) is 41.7 Å².